The monoisotopic (exact) mass is 247 g/mol. The Morgan fingerprint density at radius 2 is 2.06 bits per heavy atom. The van der Waals surface area contributed by atoms with E-state index in [1.807, 2.05) is 0 Å². The van der Waals surface area contributed by atoms with Gasteiger partial charge in [-0.1, -0.05) is 0 Å². The molecule has 0 aliphatic heterocycles. The molecule has 4 N–H and O–H groups in total. The predicted molar refractivity (Wildman–Crippen MR) is 63.3 cm³/mol. The maximum atomic E-state index is 10.5. The molecule has 0 aliphatic carbocycles. The van der Waals surface area contributed by atoms with Crippen LogP contribution in [0.15, 0.2) is 30.3 Å². The Morgan fingerprint density at radius 1 is 1.44 bits per heavy atom. The molecular formula is C10H9N5O3. The number of hydrogen-bond acceptors (Lipinski definition) is 5. The average molecular weight is 247 g/mol. The van der Waals surface area contributed by atoms with Crippen molar-refractivity contribution in [2.75, 3.05) is 0 Å². The molecule has 0 saturated carbocycles. The van der Waals surface area contributed by atoms with Crippen LogP contribution in [-0.2, 0) is 0 Å². The van der Waals surface area contributed by atoms with Crippen LogP contribution in [0.25, 0.3) is 11.3 Å². The van der Waals surface area contributed by atoms with Gasteiger partial charge >= 0.3 is 0 Å². The first-order chi connectivity index (χ1) is 8.49. The van der Waals surface area contributed by atoms with Gasteiger partial charge in [-0.3, -0.25) is 15.5 Å². The molecule has 8 nitrogen and oxygen atoms in total. The van der Waals surface area contributed by atoms with E-state index in [1.54, 1.807) is 0 Å². The number of non-ortho nitro benzene ring substituents is 1. The number of benzene rings is 1. The largest absolute Gasteiger partial charge is 0.493 e. The van der Waals surface area contributed by atoms with Gasteiger partial charge in [0.2, 0.25) is 11.8 Å². The molecule has 8 heteroatoms. The Kier molecular flexibility index (Phi) is 2.68. The third-order valence-electron chi connectivity index (χ3n) is 2.29. The van der Waals surface area contributed by atoms with Gasteiger partial charge in [-0.15, -0.1) is 0 Å². The zero-order valence-electron chi connectivity index (χ0n) is 9.07. The molecule has 0 radical (unpaired) electrons. The van der Waals surface area contributed by atoms with Gasteiger partial charge in [0, 0.05) is 23.8 Å². The fourth-order valence-corrected chi connectivity index (χ4v) is 1.44. The standard InChI is InChI=1S/C10H9N5O3/c11-10(12)14-9(16)5-8(13-14)6-1-3-7(4-2-6)15(17)18/h1-5,16H,(H3,11,12). The van der Waals surface area contributed by atoms with Gasteiger partial charge in [0.15, 0.2) is 0 Å². The number of nitrogens with one attached hydrogen (secondary N) is 1. The molecule has 92 valence electrons. The summed E-state index contributed by atoms with van der Waals surface area (Å²) < 4.78 is 0.858. The van der Waals surface area contributed by atoms with Crippen molar-refractivity contribution in [1.82, 2.24) is 9.78 Å². The number of rotatable bonds is 2. The summed E-state index contributed by atoms with van der Waals surface area (Å²) in [5.41, 5.74) is 6.12. The summed E-state index contributed by atoms with van der Waals surface area (Å²) in [5, 5.41) is 31.0. The first-order valence-corrected chi connectivity index (χ1v) is 4.87. The van der Waals surface area contributed by atoms with E-state index >= 15 is 0 Å². The van der Waals surface area contributed by atoms with E-state index in [9.17, 15) is 15.2 Å². The van der Waals surface area contributed by atoms with Crippen LogP contribution in [0.3, 0.4) is 0 Å². The summed E-state index contributed by atoms with van der Waals surface area (Å²) >= 11 is 0. The highest BCUT2D eigenvalue weighted by molar-refractivity contribution is 5.79. The van der Waals surface area contributed by atoms with Crippen molar-refractivity contribution in [3.05, 3.63) is 40.4 Å². The van der Waals surface area contributed by atoms with Crippen LogP contribution in [0, 0.1) is 15.5 Å². The SMILES string of the molecule is N=C(N)n1nc(-c2ccc([N+](=O)[O-])cc2)cc1O. The maximum absolute atomic E-state index is 10.5. The molecule has 18 heavy (non-hydrogen) atoms. The molecular weight excluding hydrogens is 238 g/mol. The van der Waals surface area contributed by atoms with Crippen LogP contribution in [0.5, 0.6) is 5.88 Å². The van der Waals surface area contributed by atoms with Gasteiger partial charge in [-0.05, 0) is 12.1 Å². The third kappa shape index (κ3) is 1.98. The highest BCUT2D eigenvalue weighted by atomic mass is 16.6. The van der Waals surface area contributed by atoms with Gasteiger partial charge < -0.3 is 10.8 Å². The van der Waals surface area contributed by atoms with E-state index < -0.39 is 10.9 Å². The summed E-state index contributed by atoms with van der Waals surface area (Å²) in [7, 11) is 0. The van der Waals surface area contributed by atoms with Crippen molar-refractivity contribution < 1.29 is 10.0 Å². The lowest BCUT2D eigenvalue weighted by Gasteiger charge is -1.97. The number of aromatic nitrogens is 2. The summed E-state index contributed by atoms with van der Waals surface area (Å²) in [5.74, 6) is -0.684. The second-order valence-electron chi connectivity index (χ2n) is 3.49. The summed E-state index contributed by atoms with van der Waals surface area (Å²) in [6.07, 6.45) is 0. The van der Waals surface area contributed by atoms with Gasteiger partial charge in [0.05, 0.1) is 10.6 Å². The number of nitro benzene ring substituents is 1. The first kappa shape index (κ1) is 11.6. The lowest BCUT2D eigenvalue weighted by atomic mass is 10.1. The lowest BCUT2D eigenvalue weighted by molar-refractivity contribution is -0.384. The molecule has 0 fully saturated rings. The minimum atomic E-state index is -0.505. The molecule has 0 aliphatic rings. The van der Waals surface area contributed by atoms with Gasteiger partial charge in [-0.2, -0.15) is 9.78 Å². The lowest BCUT2D eigenvalue weighted by Crippen LogP contribution is -2.21. The van der Waals surface area contributed by atoms with Crippen LogP contribution in [-0.4, -0.2) is 25.8 Å². The van der Waals surface area contributed by atoms with E-state index in [2.05, 4.69) is 5.10 Å². The summed E-state index contributed by atoms with van der Waals surface area (Å²) in [4.78, 5) is 9.99. The summed E-state index contributed by atoms with van der Waals surface area (Å²) in [6, 6.07) is 7.00. The van der Waals surface area contributed by atoms with E-state index in [1.165, 1.54) is 30.3 Å². The predicted octanol–water partition coefficient (Wildman–Crippen LogP) is 0.905. The van der Waals surface area contributed by atoms with Crippen LogP contribution in [0.2, 0.25) is 0 Å². The van der Waals surface area contributed by atoms with E-state index in [0.717, 1.165) is 4.68 Å². The minimum Gasteiger partial charge on any atom is -0.493 e. The van der Waals surface area contributed by atoms with Crippen LogP contribution in [0.4, 0.5) is 5.69 Å². The molecule has 1 aromatic heterocycles. The van der Waals surface area contributed by atoms with Gasteiger partial charge in [0.25, 0.3) is 5.69 Å². The zero-order valence-corrected chi connectivity index (χ0v) is 9.07. The Balaban J connectivity index is 2.40. The Labute approximate surface area is 101 Å². The molecule has 0 atom stereocenters. The minimum absolute atomic E-state index is 0.0334. The number of aromatic hydroxyl groups is 1. The average Bonchev–Trinajstić information content (AvgIpc) is 2.71. The molecule has 0 bridgehead atoms. The van der Waals surface area contributed by atoms with Crippen molar-refractivity contribution in [3.63, 3.8) is 0 Å². The number of nitro groups is 1. The van der Waals surface area contributed by atoms with E-state index in [0.29, 0.717) is 11.3 Å². The molecule has 1 aromatic carbocycles. The Hall–Kier alpha value is -2.90. The number of nitrogen functional groups attached to an aromatic ring is 1. The van der Waals surface area contributed by atoms with Crippen molar-refractivity contribution in [3.8, 4) is 17.1 Å². The fourth-order valence-electron chi connectivity index (χ4n) is 1.44. The normalized spacial score (nSPS) is 10.2. The van der Waals surface area contributed by atoms with E-state index in [-0.39, 0.29) is 11.6 Å². The number of nitrogens with two attached hydrogens (primary N) is 1. The highest BCUT2D eigenvalue weighted by Crippen LogP contribution is 2.24. The molecule has 0 saturated heterocycles. The topological polar surface area (TPSA) is 131 Å². The third-order valence-corrected chi connectivity index (χ3v) is 2.29. The van der Waals surface area contributed by atoms with Gasteiger partial charge in [-0.25, -0.2) is 0 Å². The number of nitrogens with zero attached hydrogens (tertiary/aromatic N) is 3. The van der Waals surface area contributed by atoms with Crippen molar-refractivity contribution in [2.45, 2.75) is 0 Å². The molecule has 2 rings (SSSR count). The second-order valence-corrected chi connectivity index (χ2v) is 3.49. The van der Waals surface area contributed by atoms with E-state index in [4.69, 9.17) is 11.1 Å². The summed E-state index contributed by atoms with van der Waals surface area (Å²) in [6.45, 7) is 0. The molecule has 0 spiro atoms. The number of hydrogen-bond donors (Lipinski definition) is 3. The maximum Gasteiger partial charge on any atom is 0.269 e. The van der Waals surface area contributed by atoms with Gasteiger partial charge in [0.1, 0.15) is 0 Å². The first-order valence-electron chi connectivity index (χ1n) is 4.87. The highest BCUT2D eigenvalue weighted by Gasteiger charge is 2.11. The smallest absolute Gasteiger partial charge is 0.269 e. The van der Waals surface area contributed by atoms with Crippen LogP contribution < -0.4 is 5.73 Å². The molecule has 0 unspecified atom stereocenters. The second kappa shape index (κ2) is 4.17. The van der Waals surface area contributed by atoms with Crippen molar-refractivity contribution in [2.24, 2.45) is 5.73 Å². The molecule has 1 heterocycles. The Morgan fingerprint density at radius 3 is 2.50 bits per heavy atom. The zero-order chi connectivity index (χ0) is 13.3. The van der Waals surface area contributed by atoms with Crippen molar-refractivity contribution >= 4 is 11.6 Å². The molecule has 2 aromatic rings. The quantitative estimate of drug-likeness (QED) is 0.314. The molecule has 0 amide bonds. The van der Waals surface area contributed by atoms with Crippen molar-refractivity contribution in [1.29, 1.82) is 5.41 Å². The van der Waals surface area contributed by atoms with Crippen LogP contribution >= 0.6 is 0 Å². The van der Waals surface area contributed by atoms with Crippen LogP contribution in [0.1, 0.15) is 0 Å². The fraction of sp³-hybridized carbons (Fsp3) is 0. The Bertz CT molecular complexity index is 617.